The average Bonchev–Trinajstić information content (AvgIpc) is 3.50. The summed E-state index contributed by atoms with van der Waals surface area (Å²) < 4.78 is 37.4. The molecule has 0 aliphatic heterocycles. The molecule has 5 aliphatic carbocycles. The first kappa shape index (κ1) is 32.2. The summed E-state index contributed by atoms with van der Waals surface area (Å²) >= 11 is 6.79. The van der Waals surface area contributed by atoms with Gasteiger partial charge in [0.15, 0.2) is 28.6 Å². The molecule has 7 rings (SSSR count). The molecule has 2 aromatic heterocycles. The standard InChI is InChI=1S/C24H29ClO4.C5H5N5.H2O4S/c1-12(26)24(29-13(2)27)8-6-16-14-10-20(25)19-11-21(28)15-9-18(15)23(19,4)17(14)5-7-22(16,24)3;6-4-3-5(9-1-7-3)10-2-8-4;1-5(2,3)4/h10-11,14-18H,5-9H2,1-4H3;1-2H,(H3,6,7,8,9,10);(H2,1,2,3,4)/t14-,15+,16-,17-,18-,22-,23-,24-;;/m0../s1. The van der Waals surface area contributed by atoms with Crippen molar-refractivity contribution in [3.63, 3.8) is 0 Å². The minimum Gasteiger partial charge on any atom is -0.451 e. The average molecular weight is 650 g/mol. The molecule has 5 aliphatic rings. The van der Waals surface area contributed by atoms with Gasteiger partial charge in [-0.15, -0.1) is 0 Å². The van der Waals surface area contributed by atoms with Crippen LogP contribution in [0.2, 0.25) is 0 Å². The molecule has 0 bridgehead atoms. The molecule has 0 radical (unpaired) electrons. The molecular weight excluding hydrogens is 614 g/mol. The van der Waals surface area contributed by atoms with Crippen molar-refractivity contribution >= 4 is 56.5 Å². The first-order chi connectivity index (χ1) is 20.4. The summed E-state index contributed by atoms with van der Waals surface area (Å²) in [5, 5.41) is 0.713. The number of carbonyl (C=O) groups excluding carboxylic acids is 3. The van der Waals surface area contributed by atoms with Crippen LogP contribution < -0.4 is 5.73 Å². The van der Waals surface area contributed by atoms with Gasteiger partial charge < -0.3 is 15.5 Å². The number of imidazole rings is 1. The first-order valence-corrected chi connectivity index (χ1v) is 16.1. The van der Waals surface area contributed by atoms with Crippen LogP contribution in [0.1, 0.15) is 59.8 Å². The summed E-state index contributed by atoms with van der Waals surface area (Å²) in [6, 6.07) is 0. The summed E-state index contributed by atoms with van der Waals surface area (Å²) in [6.07, 6.45) is 11.1. The first-order valence-electron chi connectivity index (χ1n) is 14.4. The highest BCUT2D eigenvalue weighted by Gasteiger charge is 2.70. The van der Waals surface area contributed by atoms with E-state index in [2.05, 4.69) is 39.9 Å². The van der Waals surface area contributed by atoms with Crippen LogP contribution >= 0.6 is 11.6 Å². The lowest BCUT2D eigenvalue weighted by molar-refractivity contribution is -0.185. The van der Waals surface area contributed by atoms with E-state index in [1.807, 2.05) is 6.08 Å². The molecule has 0 aromatic carbocycles. The van der Waals surface area contributed by atoms with Gasteiger partial charge >= 0.3 is 16.4 Å². The van der Waals surface area contributed by atoms with E-state index in [0.717, 1.165) is 31.3 Å². The maximum Gasteiger partial charge on any atom is 0.394 e. The molecule has 0 saturated heterocycles. The highest BCUT2D eigenvalue weighted by molar-refractivity contribution is 7.79. The number of nitrogens with one attached hydrogen (secondary N) is 1. The molecule has 238 valence electrons. The zero-order valence-electron chi connectivity index (χ0n) is 24.8. The van der Waals surface area contributed by atoms with Crippen LogP contribution in [-0.4, -0.2) is 60.6 Å². The normalized spacial score (nSPS) is 36.4. The van der Waals surface area contributed by atoms with Crippen molar-refractivity contribution in [1.29, 1.82) is 0 Å². The predicted octanol–water partition coefficient (Wildman–Crippen LogP) is 3.89. The summed E-state index contributed by atoms with van der Waals surface area (Å²) in [4.78, 5) is 51.5. The van der Waals surface area contributed by atoms with Gasteiger partial charge in [-0.05, 0) is 74.3 Å². The summed E-state index contributed by atoms with van der Waals surface area (Å²) in [5.74, 6) is 1.68. The SMILES string of the molecule is CC(=O)O[C@]1(C(C)=O)CC[C@H]2[C@@H]3C=C(Cl)C4=CC(=O)[C@@H]5C[C@@H]5[C@]4(C)[C@H]3CC[C@@]21C.Nc1ncnc2[nH]cnc12.O=S(=O)(O)O. The van der Waals surface area contributed by atoms with Gasteiger partial charge in [0.1, 0.15) is 11.8 Å². The van der Waals surface area contributed by atoms with E-state index in [1.54, 1.807) is 6.92 Å². The zero-order chi connectivity index (χ0) is 32.4. The van der Waals surface area contributed by atoms with E-state index in [0.29, 0.717) is 40.3 Å². The van der Waals surface area contributed by atoms with Crippen LogP contribution in [0.15, 0.2) is 35.4 Å². The fourth-order valence-corrected chi connectivity index (χ4v) is 9.21. The maximum atomic E-state index is 12.8. The van der Waals surface area contributed by atoms with Crippen LogP contribution in [0, 0.1) is 40.4 Å². The van der Waals surface area contributed by atoms with Gasteiger partial charge in [0.25, 0.3) is 0 Å². The monoisotopic (exact) mass is 649 g/mol. The maximum absolute atomic E-state index is 12.8. The number of carbonyl (C=O) groups is 3. The number of hydrogen-bond acceptors (Lipinski definition) is 10. The predicted molar refractivity (Wildman–Crippen MR) is 159 cm³/mol. The number of ketones is 2. The van der Waals surface area contributed by atoms with Crippen molar-refractivity contribution in [2.45, 2.75) is 65.4 Å². The molecule has 0 spiro atoms. The van der Waals surface area contributed by atoms with Crippen LogP contribution in [0.4, 0.5) is 5.82 Å². The number of aromatic nitrogens is 4. The lowest BCUT2D eigenvalue weighted by Gasteiger charge is -2.57. The Morgan fingerprint density at radius 1 is 1.09 bits per heavy atom. The minimum absolute atomic E-state index is 0.0423. The van der Waals surface area contributed by atoms with Crippen molar-refractivity contribution < 1.29 is 36.6 Å². The van der Waals surface area contributed by atoms with Crippen LogP contribution in [-0.2, 0) is 29.5 Å². The van der Waals surface area contributed by atoms with Crippen LogP contribution in [0.25, 0.3) is 11.2 Å². The largest absolute Gasteiger partial charge is 0.451 e. The number of allylic oxidation sites excluding steroid dienone is 4. The fourth-order valence-electron chi connectivity index (χ4n) is 8.81. The highest BCUT2D eigenvalue weighted by Crippen LogP contribution is 2.72. The lowest BCUT2D eigenvalue weighted by Crippen LogP contribution is -2.58. The van der Waals surface area contributed by atoms with E-state index in [1.165, 1.54) is 19.6 Å². The number of nitrogens with zero attached hydrogens (tertiary/aromatic N) is 3. The van der Waals surface area contributed by atoms with E-state index in [-0.39, 0.29) is 46.1 Å². The second kappa shape index (κ2) is 11.0. The molecule has 3 saturated carbocycles. The van der Waals surface area contributed by atoms with Gasteiger partial charge in [0.05, 0.1) is 6.33 Å². The second-order valence-corrected chi connectivity index (χ2v) is 14.1. The number of Topliss-reactive ketones (excluding diaryl/α,β-unsaturated/α-hetero) is 1. The molecule has 0 amide bonds. The zero-order valence-corrected chi connectivity index (χ0v) is 26.4. The van der Waals surface area contributed by atoms with Gasteiger partial charge in [0.2, 0.25) is 0 Å². The van der Waals surface area contributed by atoms with Gasteiger partial charge in [-0.25, -0.2) is 15.0 Å². The number of aromatic amines is 1. The second-order valence-electron chi connectivity index (χ2n) is 12.8. The summed E-state index contributed by atoms with van der Waals surface area (Å²) in [5.41, 5.74) is 6.31. The smallest absolute Gasteiger partial charge is 0.394 e. The Morgan fingerprint density at radius 2 is 1.75 bits per heavy atom. The Hall–Kier alpha value is -3.20. The van der Waals surface area contributed by atoms with Crippen LogP contribution in [0.5, 0.6) is 0 Å². The third kappa shape index (κ3) is 5.25. The molecule has 8 atom stereocenters. The molecule has 3 fully saturated rings. The number of nitrogen functional groups attached to an aromatic ring is 1. The molecule has 2 aromatic rings. The van der Waals surface area contributed by atoms with Gasteiger partial charge in [-0.3, -0.25) is 23.5 Å². The number of hydrogen-bond donors (Lipinski definition) is 4. The third-order valence-electron chi connectivity index (χ3n) is 10.7. The third-order valence-corrected chi connectivity index (χ3v) is 11.1. The molecule has 5 N–H and O–H groups in total. The van der Waals surface area contributed by atoms with Crippen molar-refractivity contribution in [2.24, 2.45) is 40.4 Å². The Balaban J connectivity index is 0.000000210. The van der Waals surface area contributed by atoms with Crippen molar-refractivity contribution in [3.05, 3.63) is 35.4 Å². The van der Waals surface area contributed by atoms with Gasteiger partial charge in [-0.1, -0.05) is 31.5 Å². The number of fused-ring (bicyclic) bond motifs is 8. The van der Waals surface area contributed by atoms with E-state index in [9.17, 15) is 14.4 Å². The minimum atomic E-state index is -4.67. The number of rotatable bonds is 2. The Bertz CT molecular complexity index is 1700. The van der Waals surface area contributed by atoms with E-state index in [4.69, 9.17) is 39.6 Å². The van der Waals surface area contributed by atoms with E-state index >= 15 is 0 Å². The van der Waals surface area contributed by atoms with E-state index < -0.39 is 16.0 Å². The van der Waals surface area contributed by atoms with Crippen molar-refractivity contribution in [2.75, 3.05) is 5.73 Å². The number of esters is 1. The van der Waals surface area contributed by atoms with Gasteiger partial charge in [0, 0.05) is 28.7 Å². The molecule has 13 nitrogen and oxygen atoms in total. The number of ether oxygens (including phenoxy) is 1. The van der Waals surface area contributed by atoms with Gasteiger partial charge in [-0.2, -0.15) is 8.42 Å². The fraction of sp³-hybridized carbons (Fsp3) is 0.586. The Morgan fingerprint density at radius 3 is 2.36 bits per heavy atom. The van der Waals surface area contributed by atoms with Crippen molar-refractivity contribution in [3.8, 4) is 0 Å². The number of H-pyrrole nitrogens is 1. The Labute approximate surface area is 259 Å². The molecule has 15 heteroatoms. The lowest BCUT2D eigenvalue weighted by atomic mass is 9.47. The Kier molecular flexibility index (Phi) is 8.05. The molecule has 2 heterocycles. The van der Waals surface area contributed by atoms with Crippen LogP contribution in [0.3, 0.4) is 0 Å². The quantitative estimate of drug-likeness (QED) is 0.269. The number of halogens is 1. The summed E-state index contributed by atoms with van der Waals surface area (Å²) in [7, 11) is -4.67. The number of anilines is 1. The number of nitrogens with two attached hydrogens (primary N) is 1. The molecule has 0 unspecified atom stereocenters. The molecular formula is C29H36ClN5O8S. The summed E-state index contributed by atoms with van der Waals surface area (Å²) in [6.45, 7) is 7.42. The molecule has 44 heavy (non-hydrogen) atoms. The topological polar surface area (TPSA) is 216 Å². The highest BCUT2D eigenvalue weighted by atomic mass is 35.5. The van der Waals surface area contributed by atoms with Crippen molar-refractivity contribution in [1.82, 2.24) is 19.9 Å².